The van der Waals surface area contributed by atoms with Gasteiger partial charge in [0.2, 0.25) is 5.91 Å². The number of amides is 2. The van der Waals surface area contributed by atoms with Crippen LogP contribution in [-0.2, 0) is 4.79 Å². The van der Waals surface area contributed by atoms with E-state index in [9.17, 15) is 19.7 Å². The highest BCUT2D eigenvalue weighted by molar-refractivity contribution is 6.04. The Balaban J connectivity index is 1.52. The molecule has 1 saturated heterocycles. The number of carbonyl (C=O) groups excluding carboxylic acids is 2. The topological polar surface area (TPSA) is 110 Å². The monoisotopic (exact) mass is 419 g/mol. The van der Waals surface area contributed by atoms with Crippen molar-refractivity contribution in [3.63, 3.8) is 0 Å². The smallest absolute Gasteiger partial charge is 0.269 e. The molecule has 2 amide bonds. The molecule has 0 unspecified atom stereocenters. The highest BCUT2D eigenvalue weighted by Crippen LogP contribution is 2.23. The van der Waals surface area contributed by atoms with E-state index in [1.807, 2.05) is 0 Å². The number of carbonyl (C=O) groups is 2. The lowest BCUT2D eigenvalue weighted by atomic mass is 10.1. The first-order chi connectivity index (χ1) is 14.9. The van der Waals surface area contributed by atoms with Crippen LogP contribution in [0.1, 0.15) is 35.3 Å². The molecule has 2 aromatic carbocycles. The first-order valence-corrected chi connectivity index (χ1v) is 9.95. The Labute approximate surface area is 178 Å². The zero-order valence-electron chi connectivity index (χ0n) is 16.9. The summed E-state index contributed by atoms with van der Waals surface area (Å²) in [6.07, 6.45) is 2.44. The molecule has 0 bridgehead atoms. The fraction of sp³-hybridized carbons (Fsp3) is 0.227. The Morgan fingerprint density at radius 3 is 2.39 bits per heavy atom. The number of nitro benzene ring substituents is 1. The summed E-state index contributed by atoms with van der Waals surface area (Å²) in [4.78, 5) is 37.0. The zero-order valence-corrected chi connectivity index (χ0v) is 16.9. The van der Waals surface area contributed by atoms with Gasteiger partial charge in [0.15, 0.2) is 0 Å². The predicted molar refractivity (Wildman–Crippen MR) is 116 cm³/mol. The van der Waals surface area contributed by atoms with Crippen LogP contribution >= 0.6 is 0 Å². The number of aromatic nitrogens is 2. The third-order valence-corrected chi connectivity index (χ3v) is 5.14. The summed E-state index contributed by atoms with van der Waals surface area (Å²) in [5.41, 5.74) is 2.49. The van der Waals surface area contributed by atoms with Gasteiger partial charge in [-0.2, -0.15) is 5.10 Å². The Morgan fingerprint density at radius 1 is 1.06 bits per heavy atom. The highest BCUT2D eigenvalue weighted by Gasteiger charge is 2.20. The van der Waals surface area contributed by atoms with Crippen molar-refractivity contribution < 1.29 is 14.5 Å². The Bertz CT molecular complexity index is 1140. The molecule has 0 spiro atoms. The molecule has 2 heterocycles. The molecule has 1 aliphatic heterocycles. The summed E-state index contributed by atoms with van der Waals surface area (Å²) in [5.74, 6) is 0.233. The molecule has 9 heteroatoms. The zero-order chi connectivity index (χ0) is 22.0. The molecule has 31 heavy (non-hydrogen) atoms. The number of hydrogen-bond acceptors (Lipinski definition) is 5. The van der Waals surface area contributed by atoms with Crippen molar-refractivity contribution in [1.29, 1.82) is 0 Å². The number of benzene rings is 2. The van der Waals surface area contributed by atoms with Crippen LogP contribution in [0.4, 0.5) is 17.2 Å². The van der Waals surface area contributed by atoms with Crippen LogP contribution in [-0.4, -0.2) is 33.1 Å². The van der Waals surface area contributed by atoms with E-state index in [-0.39, 0.29) is 17.5 Å². The van der Waals surface area contributed by atoms with Crippen molar-refractivity contribution >= 4 is 29.0 Å². The van der Waals surface area contributed by atoms with E-state index in [4.69, 9.17) is 0 Å². The fourth-order valence-corrected chi connectivity index (χ4v) is 3.56. The minimum absolute atomic E-state index is 0.0227. The van der Waals surface area contributed by atoms with Crippen LogP contribution in [0.15, 0.2) is 54.6 Å². The van der Waals surface area contributed by atoms with Crippen LogP contribution in [0.2, 0.25) is 0 Å². The van der Waals surface area contributed by atoms with Crippen molar-refractivity contribution in [2.24, 2.45) is 0 Å². The van der Waals surface area contributed by atoms with Gasteiger partial charge in [0.1, 0.15) is 5.82 Å². The van der Waals surface area contributed by atoms with E-state index in [1.165, 1.54) is 16.8 Å². The van der Waals surface area contributed by atoms with Gasteiger partial charge in [-0.3, -0.25) is 19.7 Å². The molecule has 1 aliphatic rings. The molecule has 1 aromatic heterocycles. The number of nitro groups is 1. The molecule has 0 aliphatic carbocycles. The summed E-state index contributed by atoms with van der Waals surface area (Å²) in [7, 11) is 0. The van der Waals surface area contributed by atoms with Crippen molar-refractivity contribution in [3.05, 3.63) is 76.0 Å². The third-order valence-electron chi connectivity index (χ3n) is 5.14. The summed E-state index contributed by atoms with van der Waals surface area (Å²) in [6.45, 7) is 2.49. The lowest BCUT2D eigenvalue weighted by molar-refractivity contribution is -0.384. The van der Waals surface area contributed by atoms with Crippen LogP contribution in [0.5, 0.6) is 0 Å². The van der Waals surface area contributed by atoms with E-state index in [2.05, 4.69) is 10.4 Å². The number of nitrogens with one attached hydrogen (secondary N) is 1. The summed E-state index contributed by atoms with van der Waals surface area (Å²) in [5, 5.41) is 18.1. The molecule has 4 rings (SSSR count). The van der Waals surface area contributed by atoms with Crippen LogP contribution < -0.4 is 10.2 Å². The summed E-state index contributed by atoms with van der Waals surface area (Å²) >= 11 is 0. The largest absolute Gasteiger partial charge is 0.312 e. The maximum atomic E-state index is 12.8. The number of hydrogen-bond donors (Lipinski definition) is 1. The first-order valence-electron chi connectivity index (χ1n) is 9.95. The van der Waals surface area contributed by atoms with E-state index in [1.54, 1.807) is 54.3 Å². The molecule has 3 aromatic rings. The summed E-state index contributed by atoms with van der Waals surface area (Å²) < 4.78 is 1.53. The minimum Gasteiger partial charge on any atom is -0.312 e. The van der Waals surface area contributed by atoms with Crippen molar-refractivity contribution in [3.8, 4) is 5.69 Å². The molecule has 158 valence electrons. The Kier molecular flexibility index (Phi) is 5.48. The van der Waals surface area contributed by atoms with E-state index < -0.39 is 4.92 Å². The lowest BCUT2D eigenvalue weighted by Crippen LogP contribution is -2.35. The number of piperidine rings is 1. The quantitative estimate of drug-likeness (QED) is 0.499. The van der Waals surface area contributed by atoms with Gasteiger partial charge < -0.3 is 10.2 Å². The van der Waals surface area contributed by atoms with Gasteiger partial charge in [0.05, 0.1) is 16.3 Å². The maximum Gasteiger partial charge on any atom is 0.269 e. The van der Waals surface area contributed by atoms with Crippen molar-refractivity contribution in [2.45, 2.75) is 26.2 Å². The molecule has 0 radical (unpaired) electrons. The Hall–Kier alpha value is -4.01. The number of nitrogens with zero attached hydrogens (tertiary/aromatic N) is 4. The molecule has 0 atom stereocenters. The molecule has 9 nitrogen and oxygen atoms in total. The number of anilines is 2. The van der Waals surface area contributed by atoms with Gasteiger partial charge in [0, 0.05) is 42.4 Å². The fourth-order valence-electron chi connectivity index (χ4n) is 3.56. The Morgan fingerprint density at radius 2 is 1.74 bits per heavy atom. The second-order valence-electron chi connectivity index (χ2n) is 7.36. The molecular formula is C22H21N5O4. The van der Waals surface area contributed by atoms with Gasteiger partial charge in [-0.1, -0.05) is 0 Å². The van der Waals surface area contributed by atoms with Gasteiger partial charge in [-0.15, -0.1) is 0 Å². The SMILES string of the molecule is Cc1cc(NC(=O)c2ccc(N3CCCCC3=O)cc2)n(-c2ccc([N+](=O)[O-])cc2)n1. The number of rotatable bonds is 5. The second kappa shape index (κ2) is 8.39. The van der Waals surface area contributed by atoms with E-state index in [0.717, 1.165) is 18.5 Å². The van der Waals surface area contributed by atoms with E-state index >= 15 is 0 Å². The molecule has 1 N–H and O–H groups in total. The van der Waals surface area contributed by atoms with Crippen LogP contribution in [0.25, 0.3) is 5.69 Å². The number of aryl methyl sites for hydroxylation is 1. The van der Waals surface area contributed by atoms with Gasteiger partial charge in [0.25, 0.3) is 11.6 Å². The second-order valence-corrected chi connectivity index (χ2v) is 7.36. The van der Waals surface area contributed by atoms with Gasteiger partial charge in [-0.25, -0.2) is 4.68 Å². The predicted octanol–water partition coefficient (Wildman–Crippen LogP) is 3.86. The molecule has 1 fully saturated rings. The molecular weight excluding hydrogens is 398 g/mol. The summed E-state index contributed by atoms with van der Waals surface area (Å²) in [6, 6.07) is 14.6. The minimum atomic E-state index is -0.470. The van der Waals surface area contributed by atoms with Crippen LogP contribution in [0, 0.1) is 17.0 Å². The standard InChI is InChI=1S/C22H21N5O4/c1-15-14-20(26(24-15)18-9-11-19(12-10-18)27(30)31)23-22(29)16-5-7-17(8-6-16)25-13-3-2-4-21(25)28/h5-12,14H,2-4,13H2,1H3,(H,23,29). The van der Waals surface area contributed by atoms with Gasteiger partial charge in [-0.05, 0) is 56.2 Å². The average Bonchev–Trinajstić information content (AvgIpc) is 3.14. The van der Waals surface area contributed by atoms with E-state index in [0.29, 0.717) is 35.7 Å². The maximum absolute atomic E-state index is 12.8. The van der Waals surface area contributed by atoms with Crippen molar-refractivity contribution in [1.82, 2.24) is 9.78 Å². The normalized spacial score (nSPS) is 13.8. The first kappa shape index (κ1) is 20.3. The molecule has 0 saturated carbocycles. The van der Waals surface area contributed by atoms with Gasteiger partial charge >= 0.3 is 0 Å². The highest BCUT2D eigenvalue weighted by atomic mass is 16.6. The average molecular weight is 419 g/mol. The van der Waals surface area contributed by atoms with Crippen molar-refractivity contribution in [2.75, 3.05) is 16.8 Å². The lowest BCUT2D eigenvalue weighted by Gasteiger charge is -2.26. The number of non-ortho nitro benzene ring substituents is 1. The third kappa shape index (κ3) is 4.30. The van der Waals surface area contributed by atoms with Crippen LogP contribution in [0.3, 0.4) is 0 Å².